The third-order valence-corrected chi connectivity index (χ3v) is 2.99. The van der Waals surface area contributed by atoms with Crippen LogP contribution in [0.25, 0.3) is 0 Å². The normalized spacial score (nSPS) is 10.7. The molecule has 0 fully saturated rings. The fraction of sp³-hybridized carbons (Fsp3) is 0.333. The van der Waals surface area contributed by atoms with Crippen molar-refractivity contribution in [1.29, 1.82) is 0 Å². The minimum atomic E-state index is 0.709. The quantitative estimate of drug-likeness (QED) is 0.823. The van der Waals surface area contributed by atoms with E-state index in [-0.39, 0.29) is 0 Å². The maximum Gasteiger partial charge on any atom is 0.0634 e. The van der Waals surface area contributed by atoms with E-state index in [0.717, 1.165) is 25.1 Å². The predicted molar refractivity (Wildman–Crippen MR) is 67.9 cm³/mol. The number of hydrogen-bond acceptors (Lipinski definition) is 3. The molecule has 0 aromatic carbocycles. The molecule has 0 amide bonds. The van der Waals surface area contributed by atoms with Gasteiger partial charge < -0.3 is 5.32 Å². The minimum absolute atomic E-state index is 0.709. The summed E-state index contributed by atoms with van der Waals surface area (Å²) in [5.41, 5.74) is 2.30. The van der Waals surface area contributed by atoms with E-state index in [4.69, 9.17) is 11.6 Å². The summed E-state index contributed by atoms with van der Waals surface area (Å²) in [6, 6.07) is 3.96. The lowest BCUT2D eigenvalue weighted by atomic mass is 10.2. The number of pyridine rings is 1. The van der Waals surface area contributed by atoms with E-state index in [1.54, 1.807) is 12.4 Å². The van der Waals surface area contributed by atoms with Crippen molar-refractivity contribution in [3.8, 4) is 0 Å². The summed E-state index contributed by atoms with van der Waals surface area (Å²) in [5, 5.41) is 8.19. The number of rotatable bonds is 5. The molecule has 0 unspecified atom stereocenters. The van der Waals surface area contributed by atoms with E-state index in [1.807, 2.05) is 30.1 Å². The lowest BCUT2D eigenvalue weighted by molar-refractivity contribution is 0.643. The van der Waals surface area contributed by atoms with Gasteiger partial charge in [0.1, 0.15) is 0 Å². The Morgan fingerprint density at radius 2 is 2.24 bits per heavy atom. The first-order valence-electron chi connectivity index (χ1n) is 5.53. The molecule has 0 bridgehead atoms. The lowest BCUT2D eigenvalue weighted by Crippen LogP contribution is -2.18. The van der Waals surface area contributed by atoms with E-state index >= 15 is 0 Å². The second-order valence-corrected chi connectivity index (χ2v) is 4.25. The average molecular weight is 251 g/mol. The fourth-order valence-corrected chi connectivity index (χ4v) is 1.82. The molecule has 0 atom stereocenters. The molecule has 17 heavy (non-hydrogen) atoms. The molecule has 0 radical (unpaired) electrons. The van der Waals surface area contributed by atoms with Crippen molar-refractivity contribution in [3.63, 3.8) is 0 Å². The van der Waals surface area contributed by atoms with Crippen LogP contribution in [-0.2, 0) is 20.0 Å². The number of hydrogen-bond donors (Lipinski definition) is 1. The third kappa shape index (κ3) is 3.28. The summed E-state index contributed by atoms with van der Waals surface area (Å²) < 4.78 is 1.89. The van der Waals surface area contributed by atoms with E-state index in [1.165, 1.54) is 5.69 Å². The summed E-state index contributed by atoms with van der Waals surface area (Å²) in [7, 11) is 1.95. The molecule has 2 aromatic heterocycles. The van der Waals surface area contributed by atoms with Crippen LogP contribution in [0.5, 0.6) is 0 Å². The van der Waals surface area contributed by atoms with Crippen LogP contribution in [0.2, 0.25) is 5.02 Å². The van der Waals surface area contributed by atoms with Gasteiger partial charge in [-0.05, 0) is 17.7 Å². The highest BCUT2D eigenvalue weighted by Crippen LogP contribution is 2.12. The zero-order chi connectivity index (χ0) is 12.1. The standard InChI is InChI=1S/C12H15ClN4/c1-17-11(4-7-16-17)3-6-14-8-10-2-5-15-9-12(10)13/h2,4-5,7,9,14H,3,6,8H2,1H3. The second kappa shape index (κ2) is 5.80. The van der Waals surface area contributed by atoms with E-state index in [0.29, 0.717) is 5.02 Å². The first kappa shape index (κ1) is 12.1. The first-order chi connectivity index (χ1) is 8.27. The van der Waals surface area contributed by atoms with Gasteiger partial charge in [-0.25, -0.2) is 0 Å². The van der Waals surface area contributed by atoms with E-state index in [2.05, 4.69) is 15.4 Å². The maximum absolute atomic E-state index is 6.01. The van der Waals surface area contributed by atoms with Crippen molar-refractivity contribution in [2.24, 2.45) is 7.05 Å². The summed E-state index contributed by atoms with van der Waals surface area (Å²) in [4.78, 5) is 3.95. The van der Waals surface area contributed by atoms with Gasteiger partial charge in [-0.2, -0.15) is 5.10 Å². The van der Waals surface area contributed by atoms with Crippen LogP contribution in [0.4, 0.5) is 0 Å². The van der Waals surface area contributed by atoms with Crippen LogP contribution >= 0.6 is 11.6 Å². The smallest absolute Gasteiger partial charge is 0.0634 e. The Labute approximate surface area is 106 Å². The first-order valence-corrected chi connectivity index (χ1v) is 5.91. The molecular weight excluding hydrogens is 236 g/mol. The highest BCUT2D eigenvalue weighted by atomic mass is 35.5. The van der Waals surface area contributed by atoms with Gasteiger partial charge in [0.25, 0.3) is 0 Å². The Hall–Kier alpha value is -1.39. The molecule has 0 saturated carbocycles. The van der Waals surface area contributed by atoms with E-state index < -0.39 is 0 Å². The molecule has 0 saturated heterocycles. The molecule has 0 aliphatic carbocycles. The van der Waals surface area contributed by atoms with Gasteiger partial charge in [0.15, 0.2) is 0 Å². The Kier molecular flexibility index (Phi) is 4.12. The third-order valence-electron chi connectivity index (χ3n) is 2.65. The zero-order valence-corrected chi connectivity index (χ0v) is 10.5. The van der Waals surface area contributed by atoms with Crippen molar-refractivity contribution in [2.75, 3.05) is 6.54 Å². The molecular formula is C12H15ClN4. The second-order valence-electron chi connectivity index (χ2n) is 3.84. The van der Waals surface area contributed by atoms with Gasteiger partial charge in [0.2, 0.25) is 0 Å². The topological polar surface area (TPSA) is 42.7 Å². The van der Waals surface area contributed by atoms with Crippen LogP contribution in [0.3, 0.4) is 0 Å². The van der Waals surface area contributed by atoms with Crippen molar-refractivity contribution >= 4 is 11.6 Å². The molecule has 1 N–H and O–H groups in total. The maximum atomic E-state index is 6.01. The van der Waals surface area contributed by atoms with Crippen LogP contribution in [0.15, 0.2) is 30.7 Å². The van der Waals surface area contributed by atoms with Gasteiger partial charge >= 0.3 is 0 Å². The number of nitrogens with one attached hydrogen (secondary N) is 1. The van der Waals surface area contributed by atoms with Gasteiger partial charge in [0, 0.05) is 50.8 Å². The minimum Gasteiger partial charge on any atom is -0.312 e. The molecule has 90 valence electrons. The Bertz CT molecular complexity index is 481. The SMILES string of the molecule is Cn1nccc1CCNCc1ccncc1Cl. The molecule has 2 heterocycles. The van der Waals surface area contributed by atoms with Crippen molar-refractivity contribution < 1.29 is 0 Å². The van der Waals surface area contributed by atoms with Crippen LogP contribution in [-0.4, -0.2) is 21.3 Å². The molecule has 2 aromatic rings. The van der Waals surface area contributed by atoms with Gasteiger partial charge in [-0.3, -0.25) is 9.67 Å². The van der Waals surface area contributed by atoms with Gasteiger partial charge in [-0.15, -0.1) is 0 Å². The highest BCUT2D eigenvalue weighted by molar-refractivity contribution is 6.31. The van der Waals surface area contributed by atoms with Crippen molar-refractivity contribution in [1.82, 2.24) is 20.1 Å². The summed E-state index contributed by atoms with van der Waals surface area (Å²) >= 11 is 6.01. The van der Waals surface area contributed by atoms with Crippen molar-refractivity contribution in [2.45, 2.75) is 13.0 Å². The predicted octanol–water partition coefficient (Wildman–Crippen LogP) is 1.80. The van der Waals surface area contributed by atoms with E-state index in [9.17, 15) is 0 Å². The molecule has 0 aliphatic heterocycles. The monoisotopic (exact) mass is 250 g/mol. The Morgan fingerprint density at radius 1 is 1.35 bits per heavy atom. The zero-order valence-electron chi connectivity index (χ0n) is 9.73. The summed E-state index contributed by atoms with van der Waals surface area (Å²) in [6.45, 7) is 1.66. The molecule has 0 aliphatic rings. The van der Waals surface area contributed by atoms with Gasteiger partial charge in [-0.1, -0.05) is 11.6 Å². The number of aromatic nitrogens is 3. The number of nitrogens with zero attached hydrogens (tertiary/aromatic N) is 3. The summed E-state index contributed by atoms with van der Waals surface area (Å²) in [5.74, 6) is 0. The van der Waals surface area contributed by atoms with Gasteiger partial charge in [0.05, 0.1) is 5.02 Å². The van der Waals surface area contributed by atoms with Crippen LogP contribution < -0.4 is 5.32 Å². The number of halogens is 1. The molecule has 2 rings (SSSR count). The highest BCUT2D eigenvalue weighted by Gasteiger charge is 2.00. The molecule has 0 spiro atoms. The fourth-order valence-electron chi connectivity index (χ4n) is 1.63. The number of aryl methyl sites for hydroxylation is 1. The molecule has 4 nitrogen and oxygen atoms in total. The largest absolute Gasteiger partial charge is 0.312 e. The van der Waals surface area contributed by atoms with Crippen LogP contribution in [0, 0.1) is 0 Å². The van der Waals surface area contributed by atoms with Crippen molar-refractivity contribution in [3.05, 3.63) is 47.0 Å². The summed E-state index contributed by atoms with van der Waals surface area (Å²) in [6.07, 6.45) is 6.19. The Balaban J connectivity index is 1.77. The Morgan fingerprint density at radius 3 is 2.94 bits per heavy atom. The lowest BCUT2D eigenvalue weighted by Gasteiger charge is -2.06. The molecule has 5 heteroatoms. The van der Waals surface area contributed by atoms with Crippen LogP contribution in [0.1, 0.15) is 11.3 Å². The average Bonchev–Trinajstić information content (AvgIpc) is 2.73.